The lowest BCUT2D eigenvalue weighted by atomic mass is 10.2. The lowest BCUT2D eigenvalue weighted by Crippen LogP contribution is -2.14. The van der Waals surface area contributed by atoms with Gasteiger partial charge in [-0.1, -0.05) is 19.1 Å². The highest BCUT2D eigenvalue weighted by Crippen LogP contribution is 2.24. The predicted octanol–water partition coefficient (Wildman–Crippen LogP) is 3.49. The average molecular weight is 333 g/mol. The Morgan fingerprint density at radius 1 is 1.59 bits per heavy atom. The van der Waals surface area contributed by atoms with Crippen LogP contribution in [0.1, 0.15) is 12.5 Å². The first kappa shape index (κ1) is 14.8. The molecule has 0 spiro atoms. The Bertz CT molecular complexity index is 396. The van der Waals surface area contributed by atoms with E-state index in [2.05, 4.69) is 34.4 Å². The highest BCUT2D eigenvalue weighted by molar-refractivity contribution is 9.10. The molecule has 0 aliphatic heterocycles. The van der Waals surface area contributed by atoms with Crippen LogP contribution in [-0.2, 0) is 0 Å². The Balaban J connectivity index is 2.63. The molecule has 3 N–H and O–H groups in total. The minimum Gasteiger partial charge on any atom is -0.389 e. The maximum atomic E-state index is 5.58. The largest absolute Gasteiger partial charge is 0.389 e. The standard InChI is InChI=1S/C12H17BrN2S2/c1-8(7-17-2)6-15-11-4-3-9(12(14)16)5-10(11)13/h3-5,8,15H,6-7H2,1-2H3,(H2,14,16). The zero-order valence-corrected chi connectivity index (χ0v) is 13.2. The van der Waals surface area contributed by atoms with Gasteiger partial charge >= 0.3 is 0 Å². The number of nitrogens with two attached hydrogens (primary N) is 1. The fraction of sp³-hybridized carbons (Fsp3) is 0.417. The summed E-state index contributed by atoms with van der Waals surface area (Å²) < 4.78 is 0.999. The molecule has 0 fully saturated rings. The fourth-order valence-electron chi connectivity index (χ4n) is 1.44. The van der Waals surface area contributed by atoms with Gasteiger partial charge < -0.3 is 11.1 Å². The monoisotopic (exact) mass is 332 g/mol. The van der Waals surface area contributed by atoms with Crippen LogP contribution in [0.25, 0.3) is 0 Å². The first-order valence-electron chi connectivity index (χ1n) is 5.36. The minimum atomic E-state index is 0.424. The van der Waals surface area contributed by atoms with Crippen molar-refractivity contribution >= 4 is 50.6 Å². The molecule has 0 saturated heterocycles. The maximum Gasteiger partial charge on any atom is 0.104 e. The zero-order chi connectivity index (χ0) is 12.8. The van der Waals surface area contributed by atoms with Gasteiger partial charge in [0.25, 0.3) is 0 Å². The number of rotatable bonds is 6. The number of thiocarbonyl (C=S) groups is 1. The molecule has 0 aromatic heterocycles. The Kier molecular flexibility index (Phi) is 6.30. The van der Waals surface area contributed by atoms with Crippen LogP contribution < -0.4 is 11.1 Å². The number of hydrogen-bond acceptors (Lipinski definition) is 3. The van der Waals surface area contributed by atoms with Gasteiger partial charge in [-0.3, -0.25) is 0 Å². The van der Waals surface area contributed by atoms with Crippen molar-refractivity contribution in [2.75, 3.05) is 23.9 Å². The van der Waals surface area contributed by atoms with E-state index in [0.29, 0.717) is 10.9 Å². The summed E-state index contributed by atoms with van der Waals surface area (Å²) >= 11 is 10.3. The van der Waals surface area contributed by atoms with E-state index in [9.17, 15) is 0 Å². The van der Waals surface area contributed by atoms with E-state index in [4.69, 9.17) is 18.0 Å². The molecule has 17 heavy (non-hydrogen) atoms. The summed E-state index contributed by atoms with van der Waals surface area (Å²) in [5.41, 5.74) is 7.55. The summed E-state index contributed by atoms with van der Waals surface area (Å²) in [6, 6.07) is 5.89. The normalized spacial score (nSPS) is 12.2. The third-order valence-electron chi connectivity index (χ3n) is 2.35. The van der Waals surface area contributed by atoms with Crippen LogP contribution in [0.3, 0.4) is 0 Å². The number of thioether (sulfide) groups is 1. The van der Waals surface area contributed by atoms with Gasteiger partial charge in [0.1, 0.15) is 4.99 Å². The lowest BCUT2D eigenvalue weighted by molar-refractivity contribution is 0.701. The van der Waals surface area contributed by atoms with E-state index in [-0.39, 0.29) is 0 Å². The lowest BCUT2D eigenvalue weighted by Gasteiger charge is -2.14. The molecule has 1 aromatic rings. The summed E-state index contributed by atoms with van der Waals surface area (Å²) in [5.74, 6) is 1.81. The molecule has 0 bridgehead atoms. The van der Waals surface area contributed by atoms with E-state index in [1.54, 1.807) is 0 Å². The van der Waals surface area contributed by atoms with Crippen LogP contribution in [0.2, 0.25) is 0 Å². The first-order valence-corrected chi connectivity index (χ1v) is 7.96. The van der Waals surface area contributed by atoms with E-state index in [0.717, 1.165) is 28.0 Å². The second kappa shape index (κ2) is 7.24. The van der Waals surface area contributed by atoms with Crippen LogP contribution in [-0.4, -0.2) is 23.5 Å². The highest BCUT2D eigenvalue weighted by atomic mass is 79.9. The average Bonchev–Trinajstić information content (AvgIpc) is 2.27. The Morgan fingerprint density at radius 3 is 2.82 bits per heavy atom. The number of halogens is 1. The van der Waals surface area contributed by atoms with Gasteiger partial charge in [0.05, 0.1) is 0 Å². The summed E-state index contributed by atoms with van der Waals surface area (Å²) in [7, 11) is 0. The Hall–Kier alpha value is -0.260. The molecule has 0 aliphatic carbocycles. The van der Waals surface area contributed by atoms with Gasteiger partial charge in [-0.2, -0.15) is 11.8 Å². The van der Waals surface area contributed by atoms with E-state index in [1.807, 2.05) is 30.0 Å². The summed E-state index contributed by atoms with van der Waals surface area (Å²) in [5, 5.41) is 3.42. The molecule has 0 saturated carbocycles. The number of benzene rings is 1. The van der Waals surface area contributed by atoms with Crippen molar-refractivity contribution in [3.63, 3.8) is 0 Å². The van der Waals surface area contributed by atoms with Crippen molar-refractivity contribution in [1.29, 1.82) is 0 Å². The molecular formula is C12H17BrN2S2. The molecule has 1 atom stereocenters. The highest BCUT2D eigenvalue weighted by Gasteiger charge is 2.05. The fourth-order valence-corrected chi connectivity index (χ4v) is 2.77. The van der Waals surface area contributed by atoms with E-state index in [1.165, 1.54) is 0 Å². The van der Waals surface area contributed by atoms with Gasteiger partial charge in [-0.05, 0) is 52.1 Å². The third-order valence-corrected chi connectivity index (χ3v) is 4.14. The molecule has 1 aromatic carbocycles. The SMILES string of the molecule is CSCC(C)CNc1ccc(C(N)=S)cc1Br. The molecule has 0 amide bonds. The molecule has 1 unspecified atom stereocenters. The molecule has 94 valence electrons. The summed E-state index contributed by atoms with van der Waals surface area (Å²) in [6.07, 6.45) is 2.13. The summed E-state index contributed by atoms with van der Waals surface area (Å²) in [4.78, 5) is 0.424. The van der Waals surface area contributed by atoms with Crippen molar-refractivity contribution in [2.45, 2.75) is 6.92 Å². The molecule has 0 aliphatic rings. The Labute approximate surface area is 121 Å². The van der Waals surface area contributed by atoms with Crippen molar-refractivity contribution in [3.05, 3.63) is 28.2 Å². The van der Waals surface area contributed by atoms with Crippen molar-refractivity contribution in [2.24, 2.45) is 11.7 Å². The Morgan fingerprint density at radius 2 is 2.29 bits per heavy atom. The quantitative estimate of drug-likeness (QED) is 0.782. The van der Waals surface area contributed by atoms with Crippen LogP contribution in [0.5, 0.6) is 0 Å². The van der Waals surface area contributed by atoms with Crippen LogP contribution in [0, 0.1) is 5.92 Å². The smallest absolute Gasteiger partial charge is 0.104 e. The van der Waals surface area contributed by atoms with E-state index < -0.39 is 0 Å². The molecule has 0 radical (unpaired) electrons. The van der Waals surface area contributed by atoms with Crippen LogP contribution >= 0.6 is 39.9 Å². The summed E-state index contributed by atoms with van der Waals surface area (Å²) in [6.45, 7) is 3.20. The number of hydrogen-bond donors (Lipinski definition) is 2. The molecule has 0 heterocycles. The second-order valence-corrected chi connectivity index (χ2v) is 6.21. The van der Waals surface area contributed by atoms with Gasteiger partial charge in [-0.25, -0.2) is 0 Å². The maximum absolute atomic E-state index is 5.58. The van der Waals surface area contributed by atoms with Crippen LogP contribution in [0.4, 0.5) is 5.69 Å². The van der Waals surface area contributed by atoms with Gasteiger partial charge in [-0.15, -0.1) is 0 Å². The molecule has 2 nitrogen and oxygen atoms in total. The molecular weight excluding hydrogens is 316 g/mol. The predicted molar refractivity (Wildman–Crippen MR) is 86.1 cm³/mol. The zero-order valence-electron chi connectivity index (χ0n) is 10.00. The third kappa shape index (κ3) is 4.85. The van der Waals surface area contributed by atoms with Crippen molar-refractivity contribution in [3.8, 4) is 0 Å². The first-order chi connectivity index (χ1) is 8.04. The minimum absolute atomic E-state index is 0.424. The van der Waals surface area contributed by atoms with Crippen LogP contribution in [0.15, 0.2) is 22.7 Å². The second-order valence-electron chi connectivity index (χ2n) is 4.00. The topological polar surface area (TPSA) is 38.0 Å². The van der Waals surface area contributed by atoms with E-state index >= 15 is 0 Å². The van der Waals surface area contributed by atoms with Crippen molar-refractivity contribution in [1.82, 2.24) is 0 Å². The van der Waals surface area contributed by atoms with Gasteiger partial charge in [0.15, 0.2) is 0 Å². The van der Waals surface area contributed by atoms with Crippen molar-refractivity contribution < 1.29 is 0 Å². The van der Waals surface area contributed by atoms with Gasteiger partial charge in [0, 0.05) is 22.3 Å². The number of nitrogens with one attached hydrogen (secondary N) is 1. The molecule has 1 rings (SSSR count). The molecule has 5 heteroatoms. The number of anilines is 1. The van der Waals surface area contributed by atoms with Gasteiger partial charge in [0.2, 0.25) is 0 Å².